The van der Waals surface area contributed by atoms with Crippen LogP contribution in [0.3, 0.4) is 0 Å². The lowest BCUT2D eigenvalue weighted by Gasteiger charge is -2.24. The zero-order valence-electron chi connectivity index (χ0n) is 15.0. The van der Waals surface area contributed by atoms with E-state index in [1.54, 1.807) is 18.2 Å². The number of carbonyl (C=O) groups is 1. The lowest BCUT2D eigenvalue weighted by atomic mass is 10.2. The maximum Gasteiger partial charge on any atom is 0.264 e. The molecule has 0 unspecified atom stereocenters. The molecule has 1 amide bonds. The van der Waals surface area contributed by atoms with Gasteiger partial charge in [0.1, 0.15) is 12.4 Å². The SMILES string of the molecule is O=C(CN(c1ccc(F)cc1)S(=O)(=O)c1ccccc1)NCc1ccccc1. The molecule has 144 valence electrons. The molecule has 0 bridgehead atoms. The normalized spacial score (nSPS) is 11.0. The van der Waals surface area contributed by atoms with Crippen LogP contribution in [-0.4, -0.2) is 20.9 Å². The smallest absolute Gasteiger partial charge is 0.264 e. The van der Waals surface area contributed by atoms with Crippen molar-refractivity contribution >= 4 is 21.6 Å². The Labute approximate surface area is 163 Å². The fourth-order valence-corrected chi connectivity index (χ4v) is 4.07. The van der Waals surface area contributed by atoms with Gasteiger partial charge in [0.25, 0.3) is 10.0 Å². The zero-order valence-corrected chi connectivity index (χ0v) is 15.8. The summed E-state index contributed by atoms with van der Waals surface area (Å²) in [5, 5.41) is 2.72. The van der Waals surface area contributed by atoms with E-state index in [1.165, 1.54) is 24.3 Å². The van der Waals surface area contributed by atoms with Crippen molar-refractivity contribution in [1.82, 2.24) is 5.32 Å². The van der Waals surface area contributed by atoms with Crippen LogP contribution in [0.15, 0.2) is 89.8 Å². The van der Waals surface area contributed by atoms with Crippen molar-refractivity contribution in [3.05, 3.63) is 96.3 Å². The van der Waals surface area contributed by atoms with Gasteiger partial charge in [0, 0.05) is 6.54 Å². The third kappa shape index (κ3) is 4.75. The highest BCUT2D eigenvalue weighted by Gasteiger charge is 2.27. The minimum absolute atomic E-state index is 0.0511. The van der Waals surface area contributed by atoms with Gasteiger partial charge < -0.3 is 5.32 Å². The minimum Gasteiger partial charge on any atom is -0.350 e. The summed E-state index contributed by atoms with van der Waals surface area (Å²) in [5.41, 5.74) is 1.11. The van der Waals surface area contributed by atoms with Gasteiger partial charge in [-0.05, 0) is 42.0 Å². The van der Waals surface area contributed by atoms with Crippen LogP contribution >= 0.6 is 0 Å². The van der Waals surface area contributed by atoms with Crippen LogP contribution in [-0.2, 0) is 21.4 Å². The Kier molecular flexibility index (Phi) is 6.06. The van der Waals surface area contributed by atoms with Crippen molar-refractivity contribution < 1.29 is 17.6 Å². The first-order chi connectivity index (χ1) is 13.5. The van der Waals surface area contributed by atoms with E-state index in [4.69, 9.17) is 0 Å². The molecule has 1 N–H and O–H groups in total. The monoisotopic (exact) mass is 398 g/mol. The van der Waals surface area contributed by atoms with Gasteiger partial charge in [-0.25, -0.2) is 12.8 Å². The molecule has 0 heterocycles. The summed E-state index contributed by atoms with van der Waals surface area (Å²) >= 11 is 0. The molecular formula is C21H19FN2O3S. The highest BCUT2D eigenvalue weighted by molar-refractivity contribution is 7.92. The molecule has 0 saturated heterocycles. The molecule has 3 aromatic carbocycles. The van der Waals surface area contributed by atoms with Crippen molar-refractivity contribution in [3.63, 3.8) is 0 Å². The number of anilines is 1. The molecule has 7 heteroatoms. The highest BCUT2D eigenvalue weighted by Crippen LogP contribution is 2.23. The largest absolute Gasteiger partial charge is 0.350 e. The number of nitrogens with one attached hydrogen (secondary N) is 1. The molecule has 0 spiro atoms. The summed E-state index contributed by atoms with van der Waals surface area (Å²) in [4.78, 5) is 12.5. The van der Waals surface area contributed by atoms with Crippen LogP contribution in [0.4, 0.5) is 10.1 Å². The molecule has 0 fully saturated rings. The number of amides is 1. The van der Waals surface area contributed by atoms with Crippen molar-refractivity contribution in [2.75, 3.05) is 10.8 Å². The van der Waals surface area contributed by atoms with E-state index in [2.05, 4.69) is 5.32 Å². The first-order valence-corrected chi connectivity index (χ1v) is 10.0. The van der Waals surface area contributed by atoms with Gasteiger partial charge >= 0.3 is 0 Å². The van der Waals surface area contributed by atoms with E-state index in [0.29, 0.717) is 0 Å². The van der Waals surface area contributed by atoms with Crippen molar-refractivity contribution in [1.29, 1.82) is 0 Å². The van der Waals surface area contributed by atoms with E-state index in [-0.39, 0.29) is 17.1 Å². The predicted octanol–water partition coefficient (Wildman–Crippen LogP) is 3.34. The van der Waals surface area contributed by atoms with E-state index in [0.717, 1.165) is 22.0 Å². The first-order valence-electron chi connectivity index (χ1n) is 8.61. The Bertz CT molecular complexity index is 1020. The van der Waals surface area contributed by atoms with Crippen LogP contribution in [0.1, 0.15) is 5.56 Å². The fourth-order valence-electron chi connectivity index (χ4n) is 2.62. The number of benzene rings is 3. The molecule has 3 rings (SSSR count). The van der Waals surface area contributed by atoms with Crippen LogP contribution in [0.5, 0.6) is 0 Å². The molecule has 0 atom stereocenters. The number of sulfonamides is 1. The standard InChI is InChI=1S/C21H19FN2O3S/c22-18-11-13-19(14-12-18)24(28(26,27)20-9-5-2-6-10-20)16-21(25)23-15-17-7-3-1-4-8-17/h1-14H,15-16H2,(H,23,25). The van der Waals surface area contributed by atoms with E-state index in [1.807, 2.05) is 30.3 Å². The number of nitrogens with zero attached hydrogens (tertiary/aromatic N) is 1. The Morgan fingerprint density at radius 1 is 0.857 bits per heavy atom. The quantitative estimate of drug-likeness (QED) is 0.664. The van der Waals surface area contributed by atoms with Gasteiger partial charge in [-0.3, -0.25) is 9.10 Å². The molecule has 28 heavy (non-hydrogen) atoms. The average Bonchev–Trinajstić information content (AvgIpc) is 2.72. The second-order valence-corrected chi connectivity index (χ2v) is 7.93. The zero-order chi connectivity index (χ0) is 20.0. The molecule has 0 aliphatic heterocycles. The summed E-state index contributed by atoms with van der Waals surface area (Å²) in [6, 6.07) is 22.1. The Morgan fingerprint density at radius 2 is 1.43 bits per heavy atom. The summed E-state index contributed by atoms with van der Waals surface area (Å²) in [6.45, 7) is -0.141. The lowest BCUT2D eigenvalue weighted by molar-refractivity contribution is -0.119. The molecule has 0 radical (unpaired) electrons. The van der Waals surface area contributed by atoms with E-state index >= 15 is 0 Å². The third-order valence-electron chi connectivity index (χ3n) is 4.07. The lowest BCUT2D eigenvalue weighted by Crippen LogP contribution is -2.40. The van der Waals surface area contributed by atoms with Gasteiger partial charge in [0.15, 0.2) is 0 Å². The summed E-state index contributed by atoms with van der Waals surface area (Å²) in [7, 11) is -3.99. The number of halogens is 1. The van der Waals surface area contributed by atoms with Crippen molar-refractivity contribution in [2.45, 2.75) is 11.4 Å². The molecular weight excluding hydrogens is 379 g/mol. The Hall–Kier alpha value is -3.19. The van der Waals surface area contributed by atoms with Crippen LogP contribution in [0, 0.1) is 5.82 Å². The number of rotatable bonds is 7. The van der Waals surface area contributed by atoms with Crippen LogP contribution in [0.2, 0.25) is 0 Å². The number of hydrogen-bond acceptors (Lipinski definition) is 3. The third-order valence-corrected chi connectivity index (χ3v) is 5.85. The summed E-state index contributed by atoms with van der Waals surface area (Å²) in [6.07, 6.45) is 0. The highest BCUT2D eigenvalue weighted by atomic mass is 32.2. The maximum atomic E-state index is 13.3. The second-order valence-electron chi connectivity index (χ2n) is 6.06. The minimum atomic E-state index is -3.99. The molecule has 5 nitrogen and oxygen atoms in total. The number of carbonyl (C=O) groups excluding carboxylic acids is 1. The summed E-state index contributed by atoms with van der Waals surface area (Å²) < 4.78 is 40.4. The molecule has 0 aromatic heterocycles. The van der Waals surface area contributed by atoms with Gasteiger partial charge in [-0.2, -0.15) is 0 Å². The van der Waals surface area contributed by atoms with Crippen molar-refractivity contribution in [3.8, 4) is 0 Å². The van der Waals surface area contributed by atoms with Crippen molar-refractivity contribution in [2.24, 2.45) is 0 Å². The average molecular weight is 398 g/mol. The molecule has 0 aliphatic carbocycles. The van der Waals surface area contributed by atoms with Gasteiger partial charge in [0.05, 0.1) is 10.6 Å². The van der Waals surface area contributed by atoms with Crippen LogP contribution in [0.25, 0.3) is 0 Å². The molecule has 3 aromatic rings. The number of hydrogen-bond donors (Lipinski definition) is 1. The fraction of sp³-hybridized carbons (Fsp3) is 0.0952. The maximum absolute atomic E-state index is 13.3. The Morgan fingerprint density at radius 3 is 2.04 bits per heavy atom. The van der Waals surface area contributed by atoms with Gasteiger partial charge in [0.2, 0.25) is 5.91 Å². The predicted molar refractivity (Wildman–Crippen MR) is 106 cm³/mol. The first kappa shape index (κ1) is 19.6. The van der Waals surface area contributed by atoms with E-state index in [9.17, 15) is 17.6 Å². The van der Waals surface area contributed by atoms with Gasteiger partial charge in [-0.15, -0.1) is 0 Å². The van der Waals surface area contributed by atoms with Crippen LogP contribution < -0.4 is 9.62 Å². The molecule has 0 aliphatic rings. The molecule has 0 saturated carbocycles. The topological polar surface area (TPSA) is 66.5 Å². The Balaban J connectivity index is 1.84. The van der Waals surface area contributed by atoms with E-state index < -0.39 is 28.3 Å². The van der Waals surface area contributed by atoms with Gasteiger partial charge in [-0.1, -0.05) is 48.5 Å². The second kappa shape index (κ2) is 8.67. The summed E-state index contributed by atoms with van der Waals surface area (Å²) in [5.74, 6) is -0.956.